The van der Waals surface area contributed by atoms with Gasteiger partial charge in [-0.05, 0) is 30.5 Å². The molecule has 20 heavy (non-hydrogen) atoms. The summed E-state index contributed by atoms with van der Waals surface area (Å²) < 4.78 is 2.38. The molecule has 106 valence electrons. The molecular weight excluding hydrogens is 246 g/mol. The predicted molar refractivity (Wildman–Crippen MR) is 81.8 cm³/mol. The van der Waals surface area contributed by atoms with Crippen molar-refractivity contribution in [2.75, 3.05) is 6.54 Å². The lowest BCUT2D eigenvalue weighted by Crippen LogP contribution is -2.34. The van der Waals surface area contributed by atoms with Crippen LogP contribution < -0.4 is 5.32 Å². The largest absolute Gasteiger partial charge is 0.330 e. The van der Waals surface area contributed by atoms with Crippen LogP contribution in [0.3, 0.4) is 0 Å². The number of fused-ring (bicyclic) bond motifs is 1. The molecule has 1 aliphatic carbocycles. The van der Waals surface area contributed by atoms with Crippen molar-refractivity contribution in [3.05, 3.63) is 53.6 Å². The van der Waals surface area contributed by atoms with Crippen molar-refractivity contribution < 1.29 is 0 Å². The molecule has 0 aliphatic heterocycles. The summed E-state index contributed by atoms with van der Waals surface area (Å²) in [7, 11) is 0. The van der Waals surface area contributed by atoms with Crippen LogP contribution >= 0.6 is 0 Å². The first-order valence-corrected chi connectivity index (χ1v) is 7.68. The van der Waals surface area contributed by atoms with Crippen molar-refractivity contribution >= 4 is 0 Å². The van der Waals surface area contributed by atoms with Crippen molar-refractivity contribution in [1.29, 1.82) is 0 Å². The van der Waals surface area contributed by atoms with Crippen LogP contribution in [0.2, 0.25) is 0 Å². The van der Waals surface area contributed by atoms with Gasteiger partial charge >= 0.3 is 0 Å². The third kappa shape index (κ3) is 2.27. The summed E-state index contributed by atoms with van der Waals surface area (Å²) >= 11 is 0. The smallest absolute Gasteiger partial charge is 0.108 e. The Bertz CT molecular complexity index is 573. The number of aromatic nitrogens is 2. The number of nitrogens with zero attached hydrogens (tertiary/aromatic N) is 2. The van der Waals surface area contributed by atoms with Crippen LogP contribution in [0, 0.1) is 0 Å². The van der Waals surface area contributed by atoms with Crippen LogP contribution in [0.25, 0.3) is 0 Å². The highest BCUT2D eigenvalue weighted by molar-refractivity contribution is 5.33. The molecule has 1 aromatic heterocycles. The van der Waals surface area contributed by atoms with Crippen molar-refractivity contribution in [1.82, 2.24) is 14.9 Å². The molecule has 3 rings (SSSR count). The van der Waals surface area contributed by atoms with Crippen LogP contribution in [-0.4, -0.2) is 16.1 Å². The zero-order valence-corrected chi connectivity index (χ0v) is 12.3. The Kier molecular flexibility index (Phi) is 3.88. The van der Waals surface area contributed by atoms with E-state index in [4.69, 9.17) is 0 Å². The molecule has 0 fully saturated rings. The topological polar surface area (TPSA) is 29.9 Å². The molecule has 0 saturated heterocycles. The van der Waals surface area contributed by atoms with Gasteiger partial charge < -0.3 is 9.88 Å². The maximum absolute atomic E-state index is 4.50. The van der Waals surface area contributed by atoms with Crippen LogP contribution in [0.15, 0.2) is 36.7 Å². The molecule has 1 heterocycles. The Balaban J connectivity index is 2.00. The maximum atomic E-state index is 4.50. The highest BCUT2D eigenvalue weighted by atomic mass is 15.1. The molecule has 2 aromatic rings. The van der Waals surface area contributed by atoms with Gasteiger partial charge in [-0.2, -0.15) is 0 Å². The maximum Gasteiger partial charge on any atom is 0.108 e. The minimum absolute atomic E-state index is 0.393. The second kappa shape index (κ2) is 5.80. The lowest BCUT2D eigenvalue weighted by Gasteiger charge is -2.35. The Morgan fingerprint density at radius 3 is 2.95 bits per heavy atom. The highest BCUT2D eigenvalue weighted by Gasteiger charge is 2.30. The first-order valence-electron chi connectivity index (χ1n) is 7.68. The second-order valence-corrected chi connectivity index (χ2v) is 5.44. The molecule has 0 radical (unpaired) electrons. The molecule has 3 heteroatoms. The molecule has 1 aromatic carbocycles. The Labute approximate surface area is 121 Å². The van der Waals surface area contributed by atoms with Gasteiger partial charge in [0, 0.05) is 18.8 Å². The molecular formula is C17H23N3. The van der Waals surface area contributed by atoms with E-state index in [0.717, 1.165) is 19.4 Å². The van der Waals surface area contributed by atoms with Gasteiger partial charge in [0.1, 0.15) is 5.82 Å². The Morgan fingerprint density at radius 1 is 1.30 bits per heavy atom. The first-order chi connectivity index (χ1) is 9.85. The van der Waals surface area contributed by atoms with E-state index in [-0.39, 0.29) is 0 Å². The summed E-state index contributed by atoms with van der Waals surface area (Å²) in [6, 6.07) is 9.71. The van der Waals surface area contributed by atoms with Gasteiger partial charge in [0.2, 0.25) is 0 Å². The fourth-order valence-corrected chi connectivity index (χ4v) is 3.43. The first kappa shape index (κ1) is 13.4. The number of hydrogen-bond acceptors (Lipinski definition) is 2. The number of hydrogen-bond donors (Lipinski definition) is 1. The van der Waals surface area contributed by atoms with E-state index in [1.807, 2.05) is 6.20 Å². The summed E-state index contributed by atoms with van der Waals surface area (Å²) in [5.41, 5.74) is 2.95. The van der Waals surface area contributed by atoms with Crippen molar-refractivity contribution in [3.8, 4) is 0 Å². The molecule has 1 N–H and O–H groups in total. The lowest BCUT2D eigenvalue weighted by atomic mass is 9.83. The monoisotopic (exact) mass is 269 g/mol. The summed E-state index contributed by atoms with van der Waals surface area (Å²) in [5, 5.41) is 3.68. The zero-order chi connectivity index (χ0) is 13.9. The average molecular weight is 269 g/mol. The number of aryl methyl sites for hydroxylation is 2. The fraction of sp³-hybridized carbons (Fsp3) is 0.471. The molecule has 0 bridgehead atoms. The van der Waals surface area contributed by atoms with Gasteiger partial charge in [0.05, 0.1) is 12.1 Å². The van der Waals surface area contributed by atoms with E-state index in [0.29, 0.717) is 12.1 Å². The zero-order valence-electron chi connectivity index (χ0n) is 12.3. The van der Waals surface area contributed by atoms with Gasteiger partial charge in [0.25, 0.3) is 0 Å². The summed E-state index contributed by atoms with van der Waals surface area (Å²) in [6.07, 6.45) is 7.40. The standard InChI is InChI=1S/C17H23N3/c1-3-16-19-11-12-20(16)15-10-9-13-7-5-6-8-14(13)17(15)18-4-2/h5-8,11-12,15,17-18H,3-4,9-10H2,1-2H3. The van der Waals surface area contributed by atoms with E-state index < -0.39 is 0 Å². The summed E-state index contributed by atoms with van der Waals surface area (Å²) in [4.78, 5) is 4.50. The van der Waals surface area contributed by atoms with E-state index in [1.165, 1.54) is 23.4 Å². The van der Waals surface area contributed by atoms with E-state index in [2.05, 4.69) is 59.2 Å². The molecule has 0 amide bonds. The quantitative estimate of drug-likeness (QED) is 0.923. The summed E-state index contributed by atoms with van der Waals surface area (Å²) in [6.45, 7) is 5.35. The van der Waals surface area contributed by atoms with E-state index >= 15 is 0 Å². The third-order valence-electron chi connectivity index (χ3n) is 4.33. The second-order valence-electron chi connectivity index (χ2n) is 5.44. The van der Waals surface area contributed by atoms with Crippen molar-refractivity contribution in [2.24, 2.45) is 0 Å². The van der Waals surface area contributed by atoms with Crippen molar-refractivity contribution in [2.45, 2.75) is 45.2 Å². The van der Waals surface area contributed by atoms with Crippen LogP contribution in [0.1, 0.15) is 49.3 Å². The van der Waals surface area contributed by atoms with Gasteiger partial charge in [-0.3, -0.25) is 0 Å². The lowest BCUT2D eigenvalue weighted by molar-refractivity contribution is 0.315. The SMILES string of the molecule is CCNC1c2ccccc2CCC1n1ccnc1CC. The predicted octanol–water partition coefficient (Wildman–Crippen LogP) is 3.28. The highest BCUT2D eigenvalue weighted by Crippen LogP contribution is 2.38. The molecule has 2 unspecified atom stereocenters. The van der Waals surface area contributed by atoms with Gasteiger partial charge in [0.15, 0.2) is 0 Å². The van der Waals surface area contributed by atoms with Crippen LogP contribution in [-0.2, 0) is 12.8 Å². The molecule has 0 spiro atoms. The number of likely N-dealkylation sites (N-methyl/N-ethyl adjacent to an activating group) is 1. The van der Waals surface area contributed by atoms with Gasteiger partial charge in [-0.1, -0.05) is 38.1 Å². The molecule has 3 nitrogen and oxygen atoms in total. The summed E-state index contributed by atoms with van der Waals surface area (Å²) in [5.74, 6) is 1.19. The number of benzene rings is 1. The average Bonchev–Trinajstić information content (AvgIpc) is 2.96. The van der Waals surface area contributed by atoms with E-state index in [9.17, 15) is 0 Å². The minimum atomic E-state index is 0.393. The molecule has 0 saturated carbocycles. The molecule has 2 atom stereocenters. The van der Waals surface area contributed by atoms with E-state index in [1.54, 1.807) is 0 Å². The third-order valence-corrected chi connectivity index (χ3v) is 4.33. The minimum Gasteiger partial charge on any atom is -0.330 e. The van der Waals surface area contributed by atoms with Gasteiger partial charge in [-0.25, -0.2) is 4.98 Å². The number of rotatable bonds is 4. The van der Waals surface area contributed by atoms with Crippen LogP contribution in [0.4, 0.5) is 0 Å². The Hall–Kier alpha value is -1.61. The Morgan fingerprint density at radius 2 is 2.15 bits per heavy atom. The number of imidazole rings is 1. The van der Waals surface area contributed by atoms with Crippen LogP contribution in [0.5, 0.6) is 0 Å². The normalized spacial score (nSPS) is 21.7. The molecule has 1 aliphatic rings. The van der Waals surface area contributed by atoms with Gasteiger partial charge in [-0.15, -0.1) is 0 Å². The van der Waals surface area contributed by atoms with Crippen molar-refractivity contribution in [3.63, 3.8) is 0 Å². The fourth-order valence-electron chi connectivity index (χ4n) is 3.43. The number of nitrogens with one attached hydrogen (secondary N) is 1.